The van der Waals surface area contributed by atoms with Crippen molar-refractivity contribution in [3.8, 4) is 5.75 Å². The molecule has 0 aliphatic rings. The summed E-state index contributed by atoms with van der Waals surface area (Å²) in [5.74, 6) is -0.557. The molecule has 1 aromatic carbocycles. The van der Waals surface area contributed by atoms with E-state index in [4.69, 9.17) is 4.74 Å². The average Bonchev–Trinajstić information content (AvgIpc) is 2.48. The van der Waals surface area contributed by atoms with Crippen molar-refractivity contribution in [1.29, 1.82) is 0 Å². The largest absolute Gasteiger partial charge is 0.490 e. The van der Waals surface area contributed by atoms with E-state index < -0.39 is 23.6 Å². The normalized spacial score (nSPS) is 11.1. The van der Waals surface area contributed by atoms with E-state index in [0.29, 0.717) is 0 Å². The lowest BCUT2D eigenvalue weighted by Gasteiger charge is -2.08. The second-order valence-corrected chi connectivity index (χ2v) is 4.42. The van der Waals surface area contributed by atoms with Gasteiger partial charge < -0.3 is 14.8 Å². The molecule has 0 atom stereocenters. The number of rotatable bonds is 8. The Balaban J connectivity index is 2.46. The van der Waals surface area contributed by atoms with Crippen molar-refractivity contribution < 1.29 is 32.4 Å². The first-order valence-electron chi connectivity index (χ1n) is 6.49. The van der Waals surface area contributed by atoms with E-state index in [1.807, 2.05) is 0 Å². The van der Waals surface area contributed by atoms with Crippen LogP contribution in [0.5, 0.6) is 5.75 Å². The Hall–Kier alpha value is -2.36. The highest BCUT2D eigenvalue weighted by Crippen LogP contribution is 2.27. The Morgan fingerprint density at radius 1 is 1.39 bits per heavy atom. The van der Waals surface area contributed by atoms with E-state index in [9.17, 15) is 28.1 Å². The number of amides is 1. The number of benzene rings is 1. The molecule has 0 bridgehead atoms. The first-order chi connectivity index (χ1) is 10.7. The molecule has 0 spiro atoms. The van der Waals surface area contributed by atoms with Crippen molar-refractivity contribution in [2.75, 3.05) is 26.9 Å². The predicted octanol–water partition coefficient (Wildman–Crippen LogP) is 2.30. The lowest BCUT2D eigenvalue weighted by Crippen LogP contribution is -2.26. The number of carbonyl (C=O) groups excluding carboxylic acids is 1. The zero-order valence-electron chi connectivity index (χ0n) is 12.2. The van der Waals surface area contributed by atoms with Crippen LogP contribution < -0.4 is 10.1 Å². The Morgan fingerprint density at radius 2 is 2.09 bits per heavy atom. The van der Waals surface area contributed by atoms with Crippen molar-refractivity contribution in [3.05, 3.63) is 33.9 Å². The molecule has 10 heteroatoms. The molecule has 0 fully saturated rings. The van der Waals surface area contributed by atoms with Crippen LogP contribution in [0.1, 0.15) is 16.8 Å². The second-order valence-electron chi connectivity index (χ2n) is 4.42. The number of ether oxygens (including phenoxy) is 2. The van der Waals surface area contributed by atoms with Crippen LogP contribution in [0.25, 0.3) is 0 Å². The fourth-order valence-corrected chi connectivity index (χ4v) is 1.64. The smallest absolute Gasteiger partial charge is 0.411 e. The third-order valence-electron chi connectivity index (χ3n) is 2.65. The lowest BCUT2D eigenvalue weighted by molar-refractivity contribution is -0.385. The van der Waals surface area contributed by atoms with Crippen LogP contribution in [0.15, 0.2) is 18.2 Å². The monoisotopic (exact) mass is 336 g/mol. The standard InChI is InChI=1S/C13H15F3N2O5/c1-22-11-4-3-9(7-10(11)18(20)21)12(19)17-5-2-6-23-8-13(14,15)16/h3-4,7H,2,5-6,8H2,1H3,(H,17,19). The third kappa shape index (κ3) is 6.51. The van der Waals surface area contributed by atoms with Crippen LogP contribution in [0, 0.1) is 10.1 Å². The maximum Gasteiger partial charge on any atom is 0.411 e. The van der Waals surface area contributed by atoms with E-state index in [1.165, 1.54) is 19.2 Å². The third-order valence-corrected chi connectivity index (χ3v) is 2.65. The summed E-state index contributed by atoms with van der Waals surface area (Å²) in [7, 11) is 1.27. The van der Waals surface area contributed by atoms with Crippen LogP contribution in [0.4, 0.5) is 18.9 Å². The summed E-state index contributed by atoms with van der Waals surface area (Å²) in [6.45, 7) is -1.43. The maximum absolute atomic E-state index is 11.8. The molecule has 0 aliphatic carbocycles. The minimum atomic E-state index is -4.38. The summed E-state index contributed by atoms with van der Waals surface area (Å²) < 4.78 is 44.7. The molecule has 1 rings (SSSR count). The molecule has 0 aromatic heterocycles. The number of carbonyl (C=O) groups is 1. The number of hydrogen-bond acceptors (Lipinski definition) is 5. The second kappa shape index (κ2) is 8.32. The van der Waals surface area contributed by atoms with Crippen LogP contribution in [0.2, 0.25) is 0 Å². The average molecular weight is 336 g/mol. The molecule has 0 aliphatic heterocycles. The molecule has 1 aromatic rings. The number of halogens is 3. The van der Waals surface area contributed by atoms with Gasteiger partial charge in [0.2, 0.25) is 0 Å². The van der Waals surface area contributed by atoms with Gasteiger partial charge in [-0.25, -0.2) is 0 Å². The van der Waals surface area contributed by atoms with Crippen molar-refractivity contribution in [2.24, 2.45) is 0 Å². The molecule has 0 saturated carbocycles. The van der Waals surface area contributed by atoms with Crippen LogP contribution >= 0.6 is 0 Å². The summed E-state index contributed by atoms with van der Waals surface area (Å²) >= 11 is 0. The molecule has 23 heavy (non-hydrogen) atoms. The van der Waals surface area contributed by atoms with Gasteiger partial charge in [0, 0.05) is 24.8 Å². The SMILES string of the molecule is COc1ccc(C(=O)NCCCOCC(F)(F)F)cc1[N+](=O)[O-]. The lowest BCUT2D eigenvalue weighted by atomic mass is 10.1. The number of nitro groups is 1. The van der Waals surface area contributed by atoms with Crippen molar-refractivity contribution in [3.63, 3.8) is 0 Å². The van der Waals surface area contributed by atoms with Crippen LogP contribution in [0.3, 0.4) is 0 Å². The summed E-state index contributed by atoms with van der Waals surface area (Å²) in [6.07, 6.45) is -4.20. The molecule has 1 N–H and O–H groups in total. The Bertz CT molecular complexity index is 563. The van der Waals surface area contributed by atoms with Crippen molar-refractivity contribution >= 4 is 11.6 Å². The number of nitrogens with one attached hydrogen (secondary N) is 1. The molecule has 0 saturated heterocycles. The molecular formula is C13H15F3N2O5. The Kier molecular flexibility index (Phi) is 6.76. The van der Waals surface area contributed by atoms with Gasteiger partial charge in [-0.15, -0.1) is 0 Å². The highest BCUT2D eigenvalue weighted by molar-refractivity contribution is 5.95. The molecule has 0 heterocycles. The Labute approximate surface area is 129 Å². The van der Waals surface area contributed by atoms with Gasteiger partial charge in [-0.2, -0.15) is 13.2 Å². The highest BCUT2D eigenvalue weighted by atomic mass is 19.4. The van der Waals surface area contributed by atoms with Gasteiger partial charge in [0.1, 0.15) is 6.61 Å². The fourth-order valence-electron chi connectivity index (χ4n) is 1.64. The summed E-state index contributed by atoms with van der Waals surface area (Å²) in [4.78, 5) is 22.0. The van der Waals surface area contributed by atoms with E-state index in [-0.39, 0.29) is 36.6 Å². The van der Waals surface area contributed by atoms with Crippen molar-refractivity contribution in [2.45, 2.75) is 12.6 Å². The van der Waals surface area contributed by atoms with E-state index in [2.05, 4.69) is 10.1 Å². The van der Waals surface area contributed by atoms with Crippen LogP contribution in [-0.4, -0.2) is 43.9 Å². The predicted molar refractivity (Wildman–Crippen MR) is 73.5 cm³/mol. The summed E-state index contributed by atoms with van der Waals surface area (Å²) in [5, 5.41) is 13.3. The van der Waals surface area contributed by atoms with Gasteiger partial charge in [0.05, 0.1) is 12.0 Å². The topological polar surface area (TPSA) is 90.7 Å². The highest BCUT2D eigenvalue weighted by Gasteiger charge is 2.27. The molecule has 0 radical (unpaired) electrons. The maximum atomic E-state index is 11.8. The quantitative estimate of drug-likeness (QED) is 0.447. The molecule has 7 nitrogen and oxygen atoms in total. The van der Waals surface area contributed by atoms with Gasteiger partial charge in [-0.3, -0.25) is 14.9 Å². The first-order valence-corrected chi connectivity index (χ1v) is 6.49. The number of methoxy groups -OCH3 is 1. The number of hydrogen-bond donors (Lipinski definition) is 1. The molecular weight excluding hydrogens is 321 g/mol. The molecule has 128 valence electrons. The van der Waals surface area contributed by atoms with Gasteiger partial charge >= 0.3 is 11.9 Å². The van der Waals surface area contributed by atoms with Crippen LogP contribution in [-0.2, 0) is 4.74 Å². The Morgan fingerprint density at radius 3 is 2.65 bits per heavy atom. The molecule has 0 unspecified atom stereocenters. The van der Waals surface area contributed by atoms with E-state index in [0.717, 1.165) is 6.07 Å². The fraction of sp³-hybridized carbons (Fsp3) is 0.462. The van der Waals surface area contributed by atoms with Gasteiger partial charge in [-0.05, 0) is 18.6 Å². The van der Waals surface area contributed by atoms with Gasteiger partial charge in [0.25, 0.3) is 5.91 Å². The number of nitro benzene ring substituents is 1. The zero-order valence-corrected chi connectivity index (χ0v) is 12.2. The minimum Gasteiger partial charge on any atom is -0.490 e. The van der Waals surface area contributed by atoms with E-state index >= 15 is 0 Å². The number of nitrogens with zero attached hydrogens (tertiary/aromatic N) is 1. The van der Waals surface area contributed by atoms with Gasteiger partial charge in [-0.1, -0.05) is 0 Å². The van der Waals surface area contributed by atoms with Gasteiger partial charge in [0.15, 0.2) is 5.75 Å². The zero-order chi connectivity index (χ0) is 17.5. The number of alkyl halides is 3. The van der Waals surface area contributed by atoms with Crippen molar-refractivity contribution in [1.82, 2.24) is 5.32 Å². The summed E-state index contributed by atoms with van der Waals surface area (Å²) in [6, 6.07) is 3.70. The summed E-state index contributed by atoms with van der Waals surface area (Å²) in [5.41, 5.74) is -0.303. The first kappa shape index (κ1) is 18.7. The van der Waals surface area contributed by atoms with E-state index in [1.54, 1.807) is 0 Å². The molecule has 1 amide bonds. The minimum absolute atomic E-state index is 0.0205.